The van der Waals surface area contributed by atoms with Gasteiger partial charge >= 0.3 is 0 Å². The summed E-state index contributed by atoms with van der Waals surface area (Å²) in [5.41, 5.74) is 3.93. The van der Waals surface area contributed by atoms with Crippen molar-refractivity contribution in [3.05, 3.63) is 50.6 Å². The lowest BCUT2D eigenvalue weighted by Gasteiger charge is -2.18. The highest BCUT2D eigenvalue weighted by Gasteiger charge is 2.16. The molecule has 1 aromatic heterocycles. The van der Waals surface area contributed by atoms with Gasteiger partial charge in [0.1, 0.15) is 5.75 Å². The van der Waals surface area contributed by atoms with E-state index in [1.165, 1.54) is 4.88 Å². The van der Waals surface area contributed by atoms with Crippen molar-refractivity contribution in [3.8, 4) is 5.75 Å². The zero-order chi connectivity index (χ0) is 13.0. The number of thiophene rings is 1. The number of halogens is 1. The molecule has 5 heteroatoms. The summed E-state index contributed by atoms with van der Waals surface area (Å²) in [6, 6.07) is 10.2. The minimum atomic E-state index is 0.0479. The molecular formula is C13H15BrN2OS. The van der Waals surface area contributed by atoms with E-state index in [4.69, 9.17) is 10.6 Å². The molecule has 1 unspecified atom stereocenters. The lowest BCUT2D eigenvalue weighted by molar-refractivity contribution is 0.399. The van der Waals surface area contributed by atoms with Crippen molar-refractivity contribution >= 4 is 27.3 Å². The van der Waals surface area contributed by atoms with E-state index in [-0.39, 0.29) is 6.04 Å². The van der Waals surface area contributed by atoms with Gasteiger partial charge in [0, 0.05) is 21.3 Å². The molecule has 2 aromatic rings. The average Bonchev–Trinajstić information content (AvgIpc) is 2.89. The second-order valence-corrected chi connectivity index (χ2v) is 5.84. The Labute approximate surface area is 119 Å². The molecular weight excluding hydrogens is 312 g/mol. The first-order valence-corrected chi connectivity index (χ1v) is 7.24. The first-order chi connectivity index (χ1) is 8.74. The third-order valence-corrected chi connectivity index (χ3v) is 4.15. The largest absolute Gasteiger partial charge is 0.496 e. The number of methoxy groups -OCH3 is 1. The molecule has 0 amide bonds. The molecule has 0 saturated heterocycles. The zero-order valence-electron chi connectivity index (χ0n) is 10.0. The van der Waals surface area contributed by atoms with E-state index in [0.29, 0.717) is 0 Å². The van der Waals surface area contributed by atoms with Gasteiger partial charge in [-0.3, -0.25) is 11.3 Å². The number of rotatable bonds is 5. The highest BCUT2D eigenvalue weighted by atomic mass is 79.9. The van der Waals surface area contributed by atoms with Crippen LogP contribution in [-0.2, 0) is 6.42 Å². The molecule has 0 aliphatic heterocycles. The van der Waals surface area contributed by atoms with Gasteiger partial charge in [-0.25, -0.2) is 0 Å². The summed E-state index contributed by atoms with van der Waals surface area (Å²) >= 11 is 5.17. The standard InChI is InChI=1S/C13H15BrN2OS/c1-17-13-7-9(14)4-5-11(13)12(16-15)8-10-3-2-6-18-10/h2-7,12,16H,8,15H2,1H3. The van der Waals surface area contributed by atoms with Crippen molar-refractivity contribution < 1.29 is 4.74 Å². The molecule has 0 bridgehead atoms. The third-order valence-electron chi connectivity index (χ3n) is 2.76. The van der Waals surface area contributed by atoms with E-state index >= 15 is 0 Å². The normalized spacial score (nSPS) is 12.4. The Morgan fingerprint density at radius 1 is 1.44 bits per heavy atom. The summed E-state index contributed by atoms with van der Waals surface area (Å²) < 4.78 is 6.40. The summed E-state index contributed by atoms with van der Waals surface area (Å²) in [6.07, 6.45) is 0.853. The van der Waals surface area contributed by atoms with Crippen LogP contribution >= 0.6 is 27.3 Å². The molecule has 3 N–H and O–H groups in total. The monoisotopic (exact) mass is 326 g/mol. The number of ether oxygens (including phenoxy) is 1. The Hall–Kier alpha value is -0.880. The van der Waals surface area contributed by atoms with E-state index in [0.717, 1.165) is 22.2 Å². The van der Waals surface area contributed by atoms with Gasteiger partial charge in [0.15, 0.2) is 0 Å². The molecule has 2 rings (SSSR count). The lowest BCUT2D eigenvalue weighted by Crippen LogP contribution is -2.29. The predicted octanol–water partition coefficient (Wildman–Crippen LogP) is 3.27. The third kappa shape index (κ3) is 3.11. The van der Waals surface area contributed by atoms with E-state index in [2.05, 4.69) is 32.8 Å². The zero-order valence-corrected chi connectivity index (χ0v) is 12.4. The molecule has 0 fully saturated rings. The number of hydrogen-bond acceptors (Lipinski definition) is 4. The van der Waals surface area contributed by atoms with Crippen molar-refractivity contribution in [2.45, 2.75) is 12.5 Å². The topological polar surface area (TPSA) is 47.3 Å². The van der Waals surface area contributed by atoms with Gasteiger partial charge in [0.2, 0.25) is 0 Å². The molecule has 1 atom stereocenters. The fourth-order valence-electron chi connectivity index (χ4n) is 1.86. The Morgan fingerprint density at radius 3 is 2.89 bits per heavy atom. The van der Waals surface area contributed by atoms with Gasteiger partial charge < -0.3 is 4.74 Å². The minimum Gasteiger partial charge on any atom is -0.496 e. The molecule has 0 radical (unpaired) electrons. The number of benzene rings is 1. The molecule has 0 spiro atoms. The maximum atomic E-state index is 5.67. The second kappa shape index (κ2) is 6.33. The van der Waals surface area contributed by atoms with Gasteiger partial charge in [0.25, 0.3) is 0 Å². The van der Waals surface area contributed by atoms with Crippen LogP contribution in [0.5, 0.6) is 5.75 Å². The Balaban J connectivity index is 2.26. The fourth-order valence-corrected chi connectivity index (χ4v) is 2.95. The summed E-state index contributed by atoms with van der Waals surface area (Å²) in [7, 11) is 1.67. The molecule has 0 aliphatic rings. The fraction of sp³-hybridized carbons (Fsp3) is 0.231. The van der Waals surface area contributed by atoms with Gasteiger partial charge in [-0.15, -0.1) is 11.3 Å². The maximum absolute atomic E-state index is 5.67. The van der Waals surface area contributed by atoms with E-state index < -0.39 is 0 Å². The van der Waals surface area contributed by atoms with E-state index in [1.807, 2.05) is 24.3 Å². The van der Waals surface area contributed by atoms with Crippen LogP contribution in [0.3, 0.4) is 0 Å². The number of nitrogens with two attached hydrogens (primary N) is 1. The van der Waals surface area contributed by atoms with Crippen LogP contribution in [0.1, 0.15) is 16.5 Å². The summed E-state index contributed by atoms with van der Waals surface area (Å²) in [6.45, 7) is 0. The van der Waals surface area contributed by atoms with Gasteiger partial charge in [-0.05, 0) is 23.6 Å². The Morgan fingerprint density at radius 2 is 2.28 bits per heavy atom. The molecule has 96 valence electrons. The first-order valence-electron chi connectivity index (χ1n) is 5.56. The number of hydrogen-bond donors (Lipinski definition) is 2. The SMILES string of the molecule is COc1cc(Br)ccc1C(Cc1cccs1)NN. The molecule has 18 heavy (non-hydrogen) atoms. The van der Waals surface area contributed by atoms with Gasteiger partial charge in [-0.1, -0.05) is 28.1 Å². The second-order valence-electron chi connectivity index (χ2n) is 3.89. The minimum absolute atomic E-state index is 0.0479. The summed E-state index contributed by atoms with van der Waals surface area (Å²) in [5.74, 6) is 6.51. The van der Waals surface area contributed by atoms with Gasteiger partial charge in [0.05, 0.1) is 13.2 Å². The molecule has 0 saturated carbocycles. The Kier molecular flexibility index (Phi) is 4.77. The molecule has 3 nitrogen and oxygen atoms in total. The highest BCUT2D eigenvalue weighted by Crippen LogP contribution is 2.30. The van der Waals surface area contributed by atoms with Crippen LogP contribution in [0.25, 0.3) is 0 Å². The predicted molar refractivity (Wildman–Crippen MR) is 78.8 cm³/mol. The van der Waals surface area contributed by atoms with Crippen molar-refractivity contribution in [1.29, 1.82) is 0 Å². The smallest absolute Gasteiger partial charge is 0.124 e. The van der Waals surface area contributed by atoms with Crippen molar-refractivity contribution in [2.24, 2.45) is 5.84 Å². The first kappa shape index (κ1) is 13.5. The van der Waals surface area contributed by atoms with E-state index in [9.17, 15) is 0 Å². The summed E-state index contributed by atoms with van der Waals surface area (Å²) in [5, 5.41) is 2.07. The van der Waals surface area contributed by atoms with Crippen molar-refractivity contribution in [3.63, 3.8) is 0 Å². The molecule has 0 aliphatic carbocycles. The maximum Gasteiger partial charge on any atom is 0.124 e. The van der Waals surface area contributed by atoms with Crippen LogP contribution in [-0.4, -0.2) is 7.11 Å². The number of hydrazine groups is 1. The number of nitrogens with one attached hydrogen (secondary N) is 1. The Bertz CT molecular complexity index is 502. The van der Waals surface area contributed by atoms with E-state index in [1.54, 1.807) is 18.4 Å². The van der Waals surface area contributed by atoms with Crippen molar-refractivity contribution in [1.82, 2.24) is 5.43 Å². The highest BCUT2D eigenvalue weighted by molar-refractivity contribution is 9.10. The van der Waals surface area contributed by atoms with Crippen LogP contribution in [0.4, 0.5) is 0 Å². The quantitative estimate of drug-likeness (QED) is 0.654. The van der Waals surface area contributed by atoms with Crippen LogP contribution in [0, 0.1) is 0 Å². The van der Waals surface area contributed by atoms with Gasteiger partial charge in [-0.2, -0.15) is 0 Å². The van der Waals surface area contributed by atoms with Crippen LogP contribution in [0.15, 0.2) is 40.2 Å². The average molecular weight is 327 g/mol. The van der Waals surface area contributed by atoms with Crippen LogP contribution in [0.2, 0.25) is 0 Å². The molecule has 1 heterocycles. The van der Waals surface area contributed by atoms with Crippen molar-refractivity contribution in [2.75, 3.05) is 7.11 Å². The molecule has 1 aromatic carbocycles. The lowest BCUT2D eigenvalue weighted by atomic mass is 10.0. The summed E-state index contributed by atoms with van der Waals surface area (Å²) in [4.78, 5) is 1.29. The van der Waals surface area contributed by atoms with Crippen LogP contribution < -0.4 is 16.0 Å².